The van der Waals surface area contributed by atoms with E-state index < -0.39 is 0 Å². The zero-order valence-electron chi connectivity index (χ0n) is 14.1. The molecule has 0 aromatic rings. The van der Waals surface area contributed by atoms with Gasteiger partial charge in [-0.15, -0.1) is 0 Å². The number of carbonyl (C=O) groups excluding carboxylic acids is 1. The molecule has 1 atom stereocenters. The highest BCUT2D eigenvalue weighted by Gasteiger charge is 2.20. The summed E-state index contributed by atoms with van der Waals surface area (Å²) in [7, 11) is 0. The third-order valence-corrected chi connectivity index (χ3v) is 3.51. The van der Waals surface area contributed by atoms with Gasteiger partial charge in [0.05, 0.1) is 6.61 Å². The van der Waals surface area contributed by atoms with E-state index in [0.717, 1.165) is 26.1 Å². The van der Waals surface area contributed by atoms with Gasteiger partial charge in [0.2, 0.25) is 0 Å². The lowest BCUT2D eigenvalue weighted by Crippen LogP contribution is -2.42. The minimum atomic E-state index is -0.174. The van der Waals surface area contributed by atoms with E-state index in [1.165, 1.54) is 19.3 Å². The number of nitrogens with zero attached hydrogens (tertiary/aromatic N) is 1. The highest BCUT2D eigenvalue weighted by atomic mass is 16.5. The first-order chi connectivity index (χ1) is 9.56. The van der Waals surface area contributed by atoms with Crippen molar-refractivity contribution in [1.82, 2.24) is 10.2 Å². The summed E-state index contributed by atoms with van der Waals surface area (Å²) in [6.07, 6.45) is 4.57. The lowest BCUT2D eigenvalue weighted by molar-refractivity contribution is -0.145. The molecule has 0 aromatic carbocycles. The molecule has 0 saturated heterocycles. The van der Waals surface area contributed by atoms with Gasteiger partial charge in [0.15, 0.2) is 0 Å². The number of hydrogen-bond acceptors (Lipinski definition) is 4. The Morgan fingerprint density at radius 2 is 1.85 bits per heavy atom. The van der Waals surface area contributed by atoms with Crippen LogP contribution in [0.25, 0.3) is 0 Å². The number of carbonyl (C=O) groups is 1. The van der Waals surface area contributed by atoms with Gasteiger partial charge in [-0.1, -0.05) is 26.7 Å². The fraction of sp³-hybridized carbons (Fsp3) is 0.938. The lowest BCUT2D eigenvalue weighted by Gasteiger charge is -2.28. The van der Waals surface area contributed by atoms with Crippen LogP contribution in [0.2, 0.25) is 0 Å². The van der Waals surface area contributed by atoms with Crippen molar-refractivity contribution in [3.05, 3.63) is 0 Å². The van der Waals surface area contributed by atoms with Crippen molar-refractivity contribution in [2.45, 2.75) is 72.4 Å². The molecule has 0 fully saturated rings. The van der Waals surface area contributed by atoms with Crippen molar-refractivity contribution in [3.63, 3.8) is 0 Å². The van der Waals surface area contributed by atoms with Gasteiger partial charge in [0.1, 0.15) is 6.04 Å². The van der Waals surface area contributed by atoms with Gasteiger partial charge < -0.3 is 15.0 Å². The molecule has 0 heterocycles. The third kappa shape index (κ3) is 8.54. The van der Waals surface area contributed by atoms with E-state index in [1.807, 2.05) is 13.8 Å². The molecule has 1 N–H and O–H groups in total. The SMILES string of the molecule is CCCCCN(CCC(NCC)C(=O)OCC)C(C)C. The highest BCUT2D eigenvalue weighted by Crippen LogP contribution is 2.07. The van der Waals surface area contributed by atoms with E-state index in [-0.39, 0.29) is 12.0 Å². The molecule has 0 aliphatic carbocycles. The Morgan fingerprint density at radius 1 is 1.15 bits per heavy atom. The standard InChI is InChI=1S/C16H34N2O2/c1-6-9-10-12-18(14(4)5)13-11-15(17-7-2)16(19)20-8-3/h14-15,17H,6-13H2,1-5H3. The van der Waals surface area contributed by atoms with Crippen LogP contribution in [-0.4, -0.2) is 49.2 Å². The van der Waals surface area contributed by atoms with Crippen LogP contribution in [0.1, 0.15) is 60.3 Å². The molecule has 20 heavy (non-hydrogen) atoms. The average Bonchev–Trinajstić information content (AvgIpc) is 2.41. The minimum Gasteiger partial charge on any atom is -0.465 e. The maximum absolute atomic E-state index is 11.9. The van der Waals surface area contributed by atoms with Crippen LogP contribution in [-0.2, 0) is 9.53 Å². The molecular weight excluding hydrogens is 252 g/mol. The molecule has 0 aromatic heterocycles. The van der Waals surface area contributed by atoms with Crippen LogP contribution in [0.15, 0.2) is 0 Å². The Bertz CT molecular complexity index is 245. The smallest absolute Gasteiger partial charge is 0.323 e. The largest absolute Gasteiger partial charge is 0.465 e. The van der Waals surface area contributed by atoms with E-state index in [2.05, 4.69) is 31.0 Å². The summed E-state index contributed by atoms with van der Waals surface area (Å²) >= 11 is 0. The van der Waals surface area contributed by atoms with Gasteiger partial charge in [-0.2, -0.15) is 0 Å². The van der Waals surface area contributed by atoms with E-state index in [1.54, 1.807) is 0 Å². The maximum atomic E-state index is 11.9. The van der Waals surface area contributed by atoms with Crippen molar-refractivity contribution < 1.29 is 9.53 Å². The molecule has 1 unspecified atom stereocenters. The molecule has 0 rings (SSSR count). The summed E-state index contributed by atoms with van der Waals surface area (Å²) in [5, 5.41) is 3.23. The predicted molar refractivity (Wildman–Crippen MR) is 84.9 cm³/mol. The first-order valence-corrected chi connectivity index (χ1v) is 8.20. The normalized spacial score (nSPS) is 12.9. The molecular formula is C16H34N2O2. The van der Waals surface area contributed by atoms with Crippen LogP contribution in [0.4, 0.5) is 0 Å². The predicted octanol–water partition coefficient (Wildman–Crippen LogP) is 2.82. The molecule has 0 bridgehead atoms. The van der Waals surface area contributed by atoms with E-state index in [0.29, 0.717) is 12.6 Å². The number of ether oxygens (including phenoxy) is 1. The monoisotopic (exact) mass is 286 g/mol. The number of unbranched alkanes of at least 4 members (excludes halogenated alkanes) is 2. The summed E-state index contributed by atoms with van der Waals surface area (Å²) in [5.74, 6) is -0.119. The number of nitrogens with one attached hydrogen (secondary N) is 1. The summed E-state index contributed by atoms with van der Waals surface area (Å²) in [5.41, 5.74) is 0. The molecule has 4 heteroatoms. The molecule has 0 aliphatic heterocycles. The van der Waals surface area contributed by atoms with Gasteiger partial charge in [-0.3, -0.25) is 4.79 Å². The first kappa shape index (κ1) is 19.4. The molecule has 0 saturated carbocycles. The van der Waals surface area contributed by atoms with Crippen molar-refractivity contribution in [2.24, 2.45) is 0 Å². The number of likely N-dealkylation sites (N-methyl/N-ethyl adjacent to an activating group) is 1. The fourth-order valence-corrected chi connectivity index (χ4v) is 2.28. The molecule has 120 valence electrons. The van der Waals surface area contributed by atoms with Crippen LogP contribution >= 0.6 is 0 Å². The zero-order valence-corrected chi connectivity index (χ0v) is 14.1. The topological polar surface area (TPSA) is 41.6 Å². The third-order valence-electron chi connectivity index (χ3n) is 3.51. The van der Waals surface area contributed by atoms with Gasteiger partial charge >= 0.3 is 5.97 Å². The summed E-state index contributed by atoms with van der Waals surface area (Å²) in [6, 6.07) is 0.351. The molecule has 0 aliphatic rings. The summed E-state index contributed by atoms with van der Waals surface area (Å²) in [4.78, 5) is 14.3. The number of esters is 1. The highest BCUT2D eigenvalue weighted by molar-refractivity contribution is 5.75. The second-order valence-electron chi connectivity index (χ2n) is 5.49. The van der Waals surface area contributed by atoms with Crippen LogP contribution in [0.3, 0.4) is 0 Å². The van der Waals surface area contributed by atoms with Crippen LogP contribution in [0.5, 0.6) is 0 Å². The van der Waals surface area contributed by atoms with E-state index in [4.69, 9.17) is 4.74 Å². The van der Waals surface area contributed by atoms with Crippen molar-refractivity contribution in [2.75, 3.05) is 26.2 Å². The van der Waals surface area contributed by atoms with Gasteiger partial charge in [0.25, 0.3) is 0 Å². The quantitative estimate of drug-likeness (QED) is 0.442. The molecule has 0 radical (unpaired) electrons. The Labute approximate surface area is 125 Å². The average molecular weight is 286 g/mol. The second-order valence-corrected chi connectivity index (χ2v) is 5.49. The number of hydrogen-bond donors (Lipinski definition) is 1. The van der Waals surface area contributed by atoms with Gasteiger partial charge in [-0.25, -0.2) is 0 Å². The zero-order chi connectivity index (χ0) is 15.4. The van der Waals surface area contributed by atoms with E-state index in [9.17, 15) is 4.79 Å². The van der Waals surface area contributed by atoms with Gasteiger partial charge in [-0.05, 0) is 46.7 Å². The first-order valence-electron chi connectivity index (χ1n) is 8.20. The fourth-order valence-electron chi connectivity index (χ4n) is 2.28. The molecule has 0 amide bonds. The Morgan fingerprint density at radius 3 is 2.35 bits per heavy atom. The van der Waals surface area contributed by atoms with Crippen LogP contribution in [0, 0.1) is 0 Å². The van der Waals surface area contributed by atoms with Gasteiger partial charge in [0, 0.05) is 12.6 Å². The number of rotatable bonds is 12. The summed E-state index contributed by atoms with van der Waals surface area (Å²) < 4.78 is 5.13. The van der Waals surface area contributed by atoms with Crippen molar-refractivity contribution in [3.8, 4) is 0 Å². The molecule has 4 nitrogen and oxygen atoms in total. The van der Waals surface area contributed by atoms with Crippen molar-refractivity contribution in [1.29, 1.82) is 0 Å². The van der Waals surface area contributed by atoms with Crippen LogP contribution < -0.4 is 5.32 Å². The Hall–Kier alpha value is -0.610. The Kier molecular flexibility index (Phi) is 11.8. The Balaban J connectivity index is 4.27. The minimum absolute atomic E-state index is 0.119. The second kappa shape index (κ2) is 12.2. The van der Waals surface area contributed by atoms with Crippen molar-refractivity contribution >= 4 is 5.97 Å². The summed E-state index contributed by atoms with van der Waals surface area (Å²) in [6.45, 7) is 13.8. The van der Waals surface area contributed by atoms with E-state index >= 15 is 0 Å². The maximum Gasteiger partial charge on any atom is 0.323 e. The lowest BCUT2D eigenvalue weighted by atomic mass is 10.1. The molecule has 0 spiro atoms.